The zero-order chi connectivity index (χ0) is 36.0. The summed E-state index contributed by atoms with van der Waals surface area (Å²) in [7, 11) is 0. The molecule has 50 heavy (non-hydrogen) atoms. The van der Waals surface area contributed by atoms with E-state index in [9.17, 15) is 23.9 Å². The van der Waals surface area contributed by atoms with Gasteiger partial charge in [0.1, 0.15) is 40.9 Å². The number of rotatable bonds is 11. The molecule has 4 aromatic rings. The van der Waals surface area contributed by atoms with Crippen LogP contribution in [0.4, 0.5) is 9.18 Å². The molecule has 5 rings (SSSR count). The van der Waals surface area contributed by atoms with Gasteiger partial charge in [0.05, 0.1) is 13.2 Å². The highest BCUT2D eigenvalue weighted by Crippen LogP contribution is 2.32. The molecule has 0 spiro atoms. The summed E-state index contributed by atoms with van der Waals surface area (Å²) >= 11 is 0. The summed E-state index contributed by atoms with van der Waals surface area (Å²) in [4.78, 5) is 40.8. The van der Waals surface area contributed by atoms with Gasteiger partial charge in [0.2, 0.25) is 5.91 Å². The number of hydrogen-bond acceptors (Lipinski definition) is 6. The van der Waals surface area contributed by atoms with Crippen LogP contribution in [-0.2, 0) is 39.1 Å². The zero-order valence-electron chi connectivity index (χ0n) is 28.9. The molecule has 1 aliphatic heterocycles. The Labute approximate surface area is 292 Å². The van der Waals surface area contributed by atoms with Crippen LogP contribution in [0.15, 0.2) is 91.0 Å². The summed E-state index contributed by atoms with van der Waals surface area (Å²) in [5.41, 5.74) is 3.49. The highest BCUT2D eigenvalue weighted by Gasteiger charge is 2.37. The van der Waals surface area contributed by atoms with E-state index >= 15 is 0 Å². The van der Waals surface area contributed by atoms with Crippen LogP contribution in [0.2, 0.25) is 0 Å². The third kappa shape index (κ3) is 9.40. The quantitative estimate of drug-likeness (QED) is 0.165. The van der Waals surface area contributed by atoms with Gasteiger partial charge in [0, 0.05) is 12.8 Å². The average molecular weight is 683 g/mol. The number of hydrogen-bond donors (Lipinski definition) is 2. The molecule has 4 aromatic carbocycles. The second-order valence-corrected chi connectivity index (χ2v) is 13.9. The Bertz CT molecular complexity index is 1800. The number of carbonyl (C=O) groups excluding carboxylic acids is 2. The number of benzene rings is 4. The minimum absolute atomic E-state index is 0.00354. The predicted octanol–water partition coefficient (Wildman–Crippen LogP) is 8.04. The molecule has 1 aliphatic rings. The SMILES string of the molecule is CC(C)COC(=O)N1Cc2cc(Oc3ccc(C(C)(C)C)cc3)ccc2C[C@H]1C(=O)N[C@@H](Cc1ccc(Oc2ccc(F)cc2)cc1)C(=O)O. The third-order valence-corrected chi connectivity index (χ3v) is 8.37. The topological polar surface area (TPSA) is 114 Å². The van der Waals surface area contributed by atoms with Gasteiger partial charge in [-0.2, -0.15) is 0 Å². The van der Waals surface area contributed by atoms with Crippen molar-refractivity contribution in [2.24, 2.45) is 5.92 Å². The average Bonchev–Trinajstić information content (AvgIpc) is 3.07. The van der Waals surface area contributed by atoms with Gasteiger partial charge in [0.25, 0.3) is 0 Å². The fraction of sp³-hybridized carbons (Fsp3) is 0.325. The zero-order valence-corrected chi connectivity index (χ0v) is 28.9. The van der Waals surface area contributed by atoms with E-state index in [2.05, 4.69) is 26.1 Å². The molecule has 0 saturated carbocycles. The number of aliphatic carboxylic acids is 1. The van der Waals surface area contributed by atoms with Gasteiger partial charge >= 0.3 is 12.1 Å². The molecule has 2 atom stereocenters. The minimum Gasteiger partial charge on any atom is -0.480 e. The van der Waals surface area contributed by atoms with Crippen LogP contribution in [0.1, 0.15) is 56.9 Å². The molecule has 2 N–H and O–H groups in total. The van der Waals surface area contributed by atoms with Gasteiger partial charge < -0.3 is 24.6 Å². The van der Waals surface area contributed by atoms with E-state index in [0.29, 0.717) is 28.6 Å². The normalized spacial score (nSPS) is 14.8. The molecule has 0 bridgehead atoms. The maximum Gasteiger partial charge on any atom is 0.410 e. The number of nitrogens with zero attached hydrogens (tertiary/aromatic N) is 1. The van der Waals surface area contributed by atoms with Crippen LogP contribution >= 0.6 is 0 Å². The van der Waals surface area contributed by atoms with E-state index in [0.717, 1.165) is 11.1 Å². The number of amides is 2. The maximum atomic E-state index is 13.8. The van der Waals surface area contributed by atoms with Gasteiger partial charge in [-0.1, -0.05) is 65.0 Å². The lowest BCUT2D eigenvalue weighted by atomic mass is 9.87. The first-order valence-corrected chi connectivity index (χ1v) is 16.6. The van der Waals surface area contributed by atoms with Crippen molar-refractivity contribution >= 4 is 18.0 Å². The molecule has 262 valence electrons. The number of fused-ring (bicyclic) bond motifs is 1. The van der Waals surface area contributed by atoms with Crippen molar-refractivity contribution in [3.05, 3.63) is 119 Å². The first-order valence-electron chi connectivity index (χ1n) is 16.6. The number of nitrogens with one attached hydrogen (secondary N) is 1. The molecule has 0 unspecified atom stereocenters. The standard InChI is InChI=1S/C40H43FN2O7/c1-25(2)24-48-39(47)43-23-28-21-34(50-32-16-9-29(10-17-32)40(3,4)5)15-8-27(28)22-36(43)37(44)42-35(38(45)46)20-26-6-13-31(14-7-26)49-33-18-11-30(41)12-19-33/h6-19,21,25,35-36H,20,22-24H2,1-5H3,(H,42,44)(H,45,46)/t35-,36-/m0/s1. The number of carboxylic acids is 1. The molecule has 0 aromatic heterocycles. The third-order valence-electron chi connectivity index (χ3n) is 8.37. The Kier molecular flexibility index (Phi) is 11.1. The summed E-state index contributed by atoms with van der Waals surface area (Å²) in [5.74, 6) is 0.0958. The molecule has 0 saturated heterocycles. The molecular formula is C40H43FN2O7. The minimum atomic E-state index is -1.26. The van der Waals surface area contributed by atoms with Crippen molar-refractivity contribution in [1.82, 2.24) is 10.2 Å². The van der Waals surface area contributed by atoms with Crippen molar-refractivity contribution in [2.45, 2.75) is 71.5 Å². The summed E-state index contributed by atoms with van der Waals surface area (Å²) < 4.78 is 30.6. The second-order valence-electron chi connectivity index (χ2n) is 13.9. The Morgan fingerprint density at radius 1 is 0.840 bits per heavy atom. The van der Waals surface area contributed by atoms with Crippen molar-refractivity contribution in [2.75, 3.05) is 6.61 Å². The fourth-order valence-electron chi connectivity index (χ4n) is 5.57. The van der Waals surface area contributed by atoms with Crippen molar-refractivity contribution in [3.63, 3.8) is 0 Å². The van der Waals surface area contributed by atoms with E-state index < -0.39 is 30.1 Å². The largest absolute Gasteiger partial charge is 0.480 e. The van der Waals surface area contributed by atoms with E-state index in [1.54, 1.807) is 24.3 Å². The van der Waals surface area contributed by atoms with E-state index in [1.807, 2.05) is 56.3 Å². The number of halogens is 1. The summed E-state index contributed by atoms with van der Waals surface area (Å²) in [6.07, 6.45) is -0.492. The van der Waals surface area contributed by atoms with Gasteiger partial charge in [-0.05, 0) is 94.3 Å². The Morgan fingerprint density at radius 2 is 1.40 bits per heavy atom. The highest BCUT2D eigenvalue weighted by atomic mass is 19.1. The number of carbonyl (C=O) groups is 3. The predicted molar refractivity (Wildman–Crippen MR) is 187 cm³/mol. The molecule has 2 amide bonds. The molecular weight excluding hydrogens is 639 g/mol. The molecule has 1 heterocycles. The summed E-state index contributed by atoms with van der Waals surface area (Å²) in [5, 5.41) is 12.7. The van der Waals surface area contributed by atoms with Gasteiger partial charge in [-0.3, -0.25) is 9.69 Å². The van der Waals surface area contributed by atoms with E-state index in [-0.39, 0.29) is 43.1 Å². The highest BCUT2D eigenvalue weighted by molar-refractivity contribution is 5.90. The summed E-state index contributed by atoms with van der Waals surface area (Å²) in [6, 6.07) is 23.5. The van der Waals surface area contributed by atoms with Crippen molar-refractivity contribution in [1.29, 1.82) is 0 Å². The van der Waals surface area contributed by atoms with Crippen LogP contribution in [0.25, 0.3) is 0 Å². The van der Waals surface area contributed by atoms with Crippen LogP contribution < -0.4 is 14.8 Å². The fourth-order valence-corrected chi connectivity index (χ4v) is 5.57. The first-order chi connectivity index (χ1) is 23.7. The van der Waals surface area contributed by atoms with Gasteiger partial charge in [0.15, 0.2) is 0 Å². The van der Waals surface area contributed by atoms with Crippen molar-refractivity contribution < 1.29 is 38.1 Å². The second kappa shape index (κ2) is 15.4. The van der Waals surface area contributed by atoms with Crippen molar-refractivity contribution in [3.8, 4) is 23.0 Å². The lowest BCUT2D eigenvalue weighted by Gasteiger charge is -2.36. The van der Waals surface area contributed by atoms with Gasteiger partial charge in [-0.15, -0.1) is 0 Å². The Balaban J connectivity index is 1.30. The lowest BCUT2D eigenvalue weighted by Crippen LogP contribution is -2.56. The van der Waals surface area contributed by atoms with Crippen LogP contribution in [0, 0.1) is 11.7 Å². The molecule has 9 nitrogen and oxygen atoms in total. The smallest absolute Gasteiger partial charge is 0.410 e. The first kappa shape index (κ1) is 35.9. The molecule has 0 fully saturated rings. The van der Waals surface area contributed by atoms with E-state index in [4.69, 9.17) is 14.2 Å². The lowest BCUT2D eigenvalue weighted by molar-refractivity contribution is -0.142. The van der Waals surface area contributed by atoms with Crippen LogP contribution in [0.3, 0.4) is 0 Å². The Morgan fingerprint density at radius 3 is 1.98 bits per heavy atom. The van der Waals surface area contributed by atoms with E-state index in [1.165, 1.54) is 34.7 Å². The number of carboxylic acid groups (broad SMARTS) is 1. The molecule has 0 aliphatic carbocycles. The summed E-state index contributed by atoms with van der Waals surface area (Å²) in [6.45, 7) is 10.5. The maximum absolute atomic E-state index is 13.8. The number of ether oxygens (including phenoxy) is 3. The molecule has 0 radical (unpaired) electrons. The van der Waals surface area contributed by atoms with Crippen LogP contribution in [-0.4, -0.2) is 46.7 Å². The van der Waals surface area contributed by atoms with Gasteiger partial charge in [-0.25, -0.2) is 14.0 Å². The van der Waals surface area contributed by atoms with Crippen LogP contribution in [0.5, 0.6) is 23.0 Å². The Hall–Kier alpha value is -5.38. The molecule has 10 heteroatoms. The monoisotopic (exact) mass is 682 g/mol.